The second kappa shape index (κ2) is 4.94. The molecule has 0 N–H and O–H groups in total. The average molecular weight is 254 g/mol. The molecule has 0 radical (unpaired) electrons. The molecule has 0 aliphatic carbocycles. The summed E-state index contributed by atoms with van der Waals surface area (Å²) in [5.41, 5.74) is 0.710. The van der Waals surface area contributed by atoms with Crippen LogP contribution in [0.1, 0.15) is 13.8 Å². The van der Waals surface area contributed by atoms with Gasteiger partial charge in [-0.2, -0.15) is 0 Å². The van der Waals surface area contributed by atoms with Gasteiger partial charge in [0.25, 0.3) is 0 Å². The topological polar surface area (TPSA) is 48.7 Å². The normalized spacial score (nSPS) is 14.7. The number of rotatable bonds is 5. The van der Waals surface area contributed by atoms with Crippen LogP contribution in [0.25, 0.3) is 11.0 Å². The van der Waals surface area contributed by atoms with Crippen LogP contribution in [-0.4, -0.2) is 12.8 Å². The van der Waals surface area contributed by atoms with Gasteiger partial charge in [-0.3, -0.25) is 0 Å². The van der Waals surface area contributed by atoms with Gasteiger partial charge in [-0.05, 0) is 25.1 Å². The van der Waals surface area contributed by atoms with Gasteiger partial charge in [0.05, 0.1) is 19.0 Å². The lowest BCUT2D eigenvalue weighted by Crippen LogP contribution is -2.00. The Morgan fingerprint density at radius 3 is 2.82 bits per heavy atom. The van der Waals surface area contributed by atoms with Crippen molar-refractivity contribution in [3.63, 3.8) is 0 Å². The molecule has 2 aromatic rings. The number of hydrogen-bond donors (Lipinski definition) is 0. The van der Waals surface area contributed by atoms with Crippen molar-refractivity contribution in [2.24, 2.45) is 0 Å². The zero-order valence-electron chi connectivity index (χ0n) is 9.88. The number of fused-ring (bicyclic) bond motifs is 1. The van der Waals surface area contributed by atoms with E-state index in [1.54, 1.807) is 32.2 Å². The summed E-state index contributed by atoms with van der Waals surface area (Å²) < 4.78 is 28.0. The first-order valence-corrected chi connectivity index (χ1v) is 7.30. The van der Waals surface area contributed by atoms with Crippen molar-refractivity contribution < 1.29 is 18.0 Å². The summed E-state index contributed by atoms with van der Waals surface area (Å²) >= 11 is 0. The van der Waals surface area contributed by atoms with E-state index < -0.39 is 7.60 Å². The van der Waals surface area contributed by atoms with E-state index in [0.717, 1.165) is 5.39 Å². The van der Waals surface area contributed by atoms with Crippen LogP contribution < -0.4 is 4.52 Å². The molecule has 5 heteroatoms. The Hall–Kier alpha value is -1.25. The average Bonchev–Trinajstić information content (AvgIpc) is 2.76. The van der Waals surface area contributed by atoms with Gasteiger partial charge < -0.3 is 13.5 Å². The molecule has 0 fully saturated rings. The monoisotopic (exact) mass is 254 g/mol. The van der Waals surface area contributed by atoms with E-state index >= 15 is 0 Å². The van der Waals surface area contributed by atoms with Crippen molar-refractivity contribution in [2.75, 3.05) is 12.8 Å². The van der Waals surface area contributed by atoms with Crippen LogP contribution >= 0.6 is 7.60 Å². The van der Waals surface area contributed by atoms with Crippen LogP contribution in [0, 0.1) is 0 Å². The molecule has 0 amide bonds. The molecule has 1 atom stereocenters. The Balaban J connectivity index is 2.24. The van der Waals surface area contributed by atoms with Gasteiger partial charge in [-0.1, -0.05) is 6.92 Å². The third-order valence-corrected chi connectivity index (χ3v) is 4.30. The predicted molar refractivity (Wildman–Crippen MR) is 66.6 cm³/mol. The zero-order valence-corrected chi connectivity index (χ0v) is 10.8. The van der Waals surface area contributed by atoms with Gasteiger partial charge in [-0.15, -0.1) is 0 Å². The fourth-order valence-electron chi connectivity index (χ4n) is 1.53. The molecule has 4 nitrogen and oxygen atoms in total. The fraction of sp³-hybridized carbons (Fsp3) is 0.333. The van der Waals surface area contributed by atoms with E-state index in [2.05, 4.69) is 0 Å². The highest BCUT2D eigenvalue weighted by molar-refractivity contribution is 7.54. The Labute approximate surface area is 100 Å². The third-order valence-electron chi connectivity index (χ3n) is 2.39. The molecule has 0 aliphatic rings. The molecule has 1 aromatic heterocycles. The van der Waals surface area contributed by atoms with E-state index in [1.165, 1.54) is 0 Å². The Kier molecular flexibility index (Phi) is 3.55. The van der Waals surface area contributed by atoms with Gasteiger partial charge in [0, 0.05) is 11.5 Å². The quantitative estimate of drug-likeness (QED) is 0.755. The summed E-state index contributed by atoms with van der Waals surface area (Å²) in [4.78, 5) is 0. The molecule has 1 heterocycles. The van der Waals surface area contributed by atoms with Crippen LogP contribution in [0.15, 0.2) is 34.9 Å². The lowest BCUT2D eigenvalue weighted by atomic mass is 10.2. The molecule has 0 aliphatic heterocycles. The van der Waals surface area contributed by atoms with Gasteiger partial charge in [0.1, 0.15) is 11.3 Å². The van der Waals surface area contributed by atoms with Crippen LogP contribution in [0.4, 0.5) is 0 Å². The number of benzene rings is 1. The van der Waals surface area contributed by atoms with Gasteiger partial charge in [-0.25, -0.2) is 4.57 Å². The molecule has 17 heavy (non-hydrogen) atoms. The maximum Gasteiger partial charge on any atom is 0.378 e. The van der Waals surface area contributed by atoms with Crippen molar-refractivity contribution in [3.05, 3.63) is 30.5 Å². The number of hydrogen-bond acceptors (Lipinski definition) is 4. The van der Waals surface area contributed by atoms with Crippen LogP contribution in [0.3, 0.4) is 0 Å². The van der Waals surface area contributed by atoms with Crippen LogP contribution in [0.5, 0.6) is 5.75 Å². The van der Waals surface area contributed by atoms with E-state index in [1.807, 2.05) is 12.1 Å². The lowest BCUT2D eigenvalue weighted by Gasteiger charge is -2.16. The molecule has 1 aromatic carbocycles. The molecule has 92 valence electrons. The van der Waals surface area contributed by atoms with Gasteiger partial charge >= 0.3 is 7.60 Å². The Morgan fingerprint density at radius 1 is 1.29 bits per heavy atom. The maximum atomic E-state index is 12.2. The van der Waals surface area contributed by atoms with Crippen molar-refractivity contribution in [1.29, 1.82) is 0 Å². The first-order chi connectivity index (χ1) is 8.17. The first kappa shape index (κ1) is 12.2. The van der Waals surface area contributed by atoms with Crippen molar-refractivity contribution in [2.45, 2.75) is 13.8 Å². The lowest BCUT2D eigenvalue weighted by molar-refractivity contribution is 0.280. The van der Waals surface area contributed by atoms with Crippen molar-refractivity contribution in [3.8, 4) is 5.75 Å². The second-order valence-corrected chi connectivity index (χ2v) is 5.85. The summed E-state index contributed by atoms with van der Waals surface area (Å²) in [7, 11) is -3.02. The van der Waals surface area contributed by atoms with E-state index in [9.17, 15) is 4.57 Å². The minimum atomic E-state index is -3.02. The molecule has 1 unspecified atom stereocenters. The van der Waals surface area contributed by atoms with E-state index in [4.69, 9.17) is 13.5 Å². The van der Waals surface area contributed by atoms with Crippen LogP contribution in [0.2, 0.25) is 0 Å². The smallest absolute Gasteiger partial charge is 0.378 e. The molecular formula is C12H15O4P. The first-order valence-electron chi connectivity index (χ1n) is 5.57. The highest BCUT2D eigenvalue weighted by Gasteiger charge is 2.22. The van der Waals surface area contributed by atoms with Crippen molar-refractivity contribution >= 4 is 18.6 Å². The molecule has 2 rings (SSSR count). The van der Waals surface area contributed by atoms with E-state index in [0.29, 0.717) is 24.1 Å². The third kappa shape index (κ3) is 2.71. The second-order valence-electron chi connectivity index (χ2n) is 3.56. The number of furan rings is 1. The Morgan fingerprint density at radius 2 is 2.12 bits per heavy atom. The minimum absolute atomic E-state index is 0.344. The minimum Gasteiger partial charge on any atom is -0.464 e. The summed E-state index contributed by atoms with van der Waals surface area (Å²) in [6, 6.07) is 7.21. The van der Waals surface area contributed by atoms with Gasteiger partial charge in [0.15, 0.2) is 0 Å². The largest absolute Gasteiger partial charge is 0.464 e. The standard InChI is InChI=1S/C12H15O4P/c1-3-15-17(13,4-2)16-11-6-5-10-7-8-14-12(10)9-11/h5-9H,3-4H2,1-2H3. The van der Waals surface area contributed by atoms with E-state index in [-0.39, 0.29) is 0 Å². The van der Waals surface area contributed by atoms with Crippen LogP contribution in [-0.2, 0) is 9.09 Å². The predicted octanol–water partition coefficient (Wildman–Crippen LogP) is 4.06. The molecule has 0 saturated carbocycles. The maximum absolute atomic E-state index is 12.2. The van der Waals surface area contributed by atoms with Crippen molar-refractivity contribution in [1.82, 2.24) is 0 Å². The summed E-state index contributed by atoms with van der Waals surface area (Å²) in [6.45, 7) is 3.94. The molecule has 0 bridgehead atoms. The molecular weight excluding hydrogens is 239 g/mol. The molecule has 0 spiro atoms. The molecule has 0 saturated heterocycles. The summed E-state index contributed by atoms with van der Waals surface area (Å²) in [6.07, 6.45) is 1.95. The SMILES string of the molecule is CCOP(=O)(CC)Oc1ccc2ccoc2c1. The highest BCUT2D eigenvalue weighted by Crippen LogP contribution is 2.48. The summed E-state index contributed by atoms with van der Waals surface area (Å²) in [5, 5.41) is 0.986. The Bertz CT molecular complexity index is 546. The fourth-order valence-corrected chi connectivity index (χ4v) is 2.72. The van der Waals surface area contributed by atoms with Gasteiger partial charge in [0.2, 0.25) is 0 Å². The highest BCUT2D eigenvalue weighted by atomic mass is 31.2. The zero-order chi connectivity index (χ0) is 12.3. The summed E-state index contributed by atoms with van der Waals surface area (Å²) in [5.74, 6) is 0.506.